The van der Waals surface area contributed by atoms with Crippen LogP contribution in [0.5, 0.6) is 0 Å². The Balaban J connectivity index is 1.79. The summed E-state index contributed by atoms with van der Waals surface area (Å²) in [6, 6.07) is 0. The highest BCUT2D eigenvalue weighted by molar-refractivity contribution is 5.92. The Kier molecular flexibility index (Phi) is 6.09. The number of fused-ring (bicyclic) bond motifs is 5. The minimum Gasteiger partial charge on any atom is -0.450 e. The molecule has 4 fully saturated rings. The standard InChI is InChI=1S/C26H39FO6/c1-5-6-22(32)33-26(21(31)14-28)15(2)11-19-18-8-7-16-12-17(29)9-10-23(16,3)25(18,27)20(30)13-24(19,26)4/h15-16,18-20,28,30H,5-14H2,1-4H3/t15?,16?,18-,19-,20?,23-,24-,25-,26-/m0/s1. The zero-order valence-electron chi connectivity index (χ0n) is 20.4. The van der Waals surface area contributed by atoms with Gasteiger partial charge < -0.3 is 14.9 Å². The van der Waals surface area contributed by atoms with Crippen molar-refractivity contribution >= 4 is 17.5 Å². The Morgan fingerprint density at radius 1 is 1.18 bits per heavy atom. The first-order valence-electron chi connectivity index (χ1n) is 12.7. The van der Waals surface area contributed by atoms with E-state index < -0.39 is 58.4 Å². The van der Waals surface area contributed by atoms with E-state index in [1.54, 1.807) is 0 Å². The van der Waals surface area contributed by atoms with Crippen molar-refractivity contribution in [2.24, 2.45) is 34.5 Å². The molecule has 33 heavy (non-hydrogen) atoms. The fourth-order valence-corrected chi connectivity index (χ4v) is 8.79. The predicted octanol–water partition coefficient (Wildman–Crippen LogP) is 3.55. The van der Waals surface area contributed by atoms with Crippen LogP contribution >= 0.6 is 0 Å². The number of carbonyl (C=O) groups is 3. The first-order valence-corrected chi connectivity index (χ1v) is 12.7. The minimum absolute atomic E-state index is 0.0175. The Labute approximate surface area is 195 Å². The SMILES string of the molecule is CCCC(=O)O[C@]1(C(=O)CO)C(C)C[C@H]2[C@@H]3CCC4CC(=O)CC[C@]4(C)[C@@]3(F)C(O)C[C@@]21C. The van der Waals surface area contributed by atoms with Crippen LogP contribution in [-0.4, -0.2) is 51.7 Å². The first kappa shape index (κ1) is 24.8. The molecule has 3 unspecified atom stereocenters. The normalized spacial score (nSPS) is 49.1. The maximum atomic E-state index is 17.3. The number of esters is 1. The van der Waals surface area contributed by atoms with E-state index in [0.29, 0.717) is 44.9 Å². The third kappa shape index (κ3) is 3.06. The van der Waals surface area contributed by atoms with Gasteiger partial charge in [-0.2, -0.15) is 0 Å². The van der Waals surface area contributed by atoms with Crippen molar-refractivity contribution in [2.45, 2.75) is 103 Å². The molecule has 4 aliphatic carbocycles. The number of hydrogen-bond donors (Lipinski definition) is 2. The second kappa shape index (κ2) is 8.11. The lowest BCUT2D eigenvalue weighted by Gasteiger charge is -2.65. The zero-order chi connectivity index (χ0) is 24.4. The van der Waals surface area contributed by atoms with Crippen molar-refractivity contribution in [3.05, 3.63) is 0 Å². The number of alkyl halides is 1. The maximum Gasteiger partial charge on any atom is 0.306 e. The van der Waals surface area contributed by atoms with Crippen molar-refractivity contribution < 1.29 is 33.7 Å². The van der Waals surface area contributed by atoms with Gasteiger partial charge in [-0.15, -0.1) is 0 Å². The summed E-state index contributed by atoms with van der Waals surface area (Å²) in [6.45, 7) is 6.66. The predicted molar refractivity (Wildman–Crippen MR) is 119 cm³/mol. The second-order valence-corrected chi connectivity index (χ2v) is 11.7. The summed E-state index contributed by atoms with van der Waals surface area (Å²) < 4.78 is 23.3. The quantitative estimate of drug-likeness (QED) is 0.601. The van der Waals surface area contributed by atoms with E-state index >= 15 is 4.39 Å². The average molecular weight is 467 g/mol. The molecule has 0 saturated heterocycles. The van der Waals surface area contributed by atoms with Gasteiger partial charge in [0, 0.05) is 36.0 Å². The molecule has 4 aliphatic rings. The van der Waals surface area contributed by atoms with Gasteiger partial charge in [0.15, 0.2) is 5.60 Å². The summed E-state index contributed by atoms with van der Waals surface area (Å²) in [5.74, 6) is -2.17. The molecule has 9 atom stereocenters. The molecule has 0 heterocycles. The number of aliphatic hydroxyl groups is 2. The number of ketones is 2. The third-order valence-electron chi connectivity index (χ3n) is 10.4. The lowest BCUT2D eigenvalue weighted by molar-refractivity contribution is -0.257. The van der Waals surface area contributed by atoms with E-state index in [1.807, 2.05) is 27.7 Å². The molecule has 0 amide bonds. The highest BCUT2D eigenvalue weighted by Crippen LogP contribution is 2.72. The molecule has 6 nitrogen and oxygen atoms in total. The maximum absolute atomic E-state index is 17.3. The number of aliphatic hydroxyl groups excluding tert-OH is 2. The number of rotatable bonds is 5. The summed E-state index contributed by atoms with van der Waals surface area (Å²) in [5.41, 5.74) is -5.24. The number of ether oxygens (including phenoxy) is 1. The molecule has 7 heteroatoms. The molecule has 0 aromatic carbocycles. The summed E-state index contributed by atoms with van der Waals surface area (Å²) >= 11 is 0. The van der Waals surface area contributed by atoms with Crippen LogP contribution in [0.25, 0.3) is 0 Å². The van der Waals surface area contributed by atoms with Gasteiger partial charge in [-0.25, -0.2) is 4.39 Å². The van der Waals surface area contributed by atoms with E-state index in [2.05, 4.69) is 0 Å². The molecule has 186 valence electrons. The highest BCUT2D eigenvalue weighted by Gasteiger charge is 2.77. The van der Waals surface area contributed by atoms with Gasteiger partial charge in [-0.1, -0.05) is 27.7 Å². The van der Waals surface area contributed by atoms with Gasteiger partial charge in [0.25, 0.3) is 0 Å². The zero-order valence-corrected chi connectivity index (χ0v) is 20.4. The third-order valence-corrected chi connectivity index (χ3v) is 10.4. The van der Waals surface area contributed by atoms with Crippen LogP contribution < -0.4 is 0 Å². The van der Waals surface area contributed by atoms with E-state index in [-0.39, 0.29) is 30.5 Å². The van der Waals surface area contributed by atoms with Crippen molar-refractivity contribution in [3.8, 4) is 0 Å². The first-order chi connectivity index (χ1) is 15.4. The van der Waals surface area contributed by atoms with Crippen molar-refractivity contribution in [1.29, 1.82) is 0 Å². The Bertz CT molecular complexity index is 845. The summed E-state index contributed by atoms with van der Waals surface area (Å²) in [7, 11) is 0. The smallest absolute Gasteiger partial charge is 0.306 e. The van der Waals surface area contributed by atoms with E-state index in [9.17, 15) is 24.6 Å². The largest absolute Gasteiger partial charge is 0.450 e. The second-order valence-electron chi connectivity index (χ2n) is 11.7. The summed E-state index contributed by atoms with van der Waals surface area (Å²) in [6.07, 6.45) is 2.20. The molecule has 0 aromatic heterocycles. The molecular weight excluding hydrogens is 427 g/mol. The molecule has 4 saturated carbocycles. The van der Waals surface area contributed by atoms with Crippen molar-refractivity contribution in [3.63, 3.8) is 0 Å². The average Bonchev–Trinajstić information content (AvgIpc) is 2.97. The Morgan fingerprint density at radius 2 is 1.88 bits per heavy atom. The van der Waals surface area contributed by atoms with Gasteiger partial charge in [-0.05, 0) is 56.3 Å². The van der Waals surface area contributed by atoms with Gasteiger partial charge in [-0.3, -0.25) is 14.4 Å². The topological polar surface area (TPSA) is 101 Å². The number of halogens is 1. The molecule has 0 aliphatic heterocycles. The summed E-state index contributed by atoms with van der Waals surface area (Å²) in [5, 5.41) is 21.4. The molecule has 0 aromatic rings. The van der Waals surface area contributed by atoms with Crippen molar-refractivity contribution in [2.75, 3.05) is 6.61 Å². The van der Waals surface area contributed by atoms with Crippen LogP contribution in [-0.2, 0) is 19.1 Å². The molecule has 4 rings (SSSR count). The van der Waals surface area contributed by atoms with Gasteiger partial charge >= 0.3 is 5.97 Å². The number of hydrogen-bond acceptors (Lipinski definition) is 6. The lowest BCUT2D eigenvalue weighted by atomic mass is 9.42. The Hall–Kier alpha value is -1.34. The van der Waals surface area contributed by atoms with Gasteiger partial charge in [0.2, 0.25) is 5.78 Å². The molecule has 0 bridgehead atoms. The van der Waals surface area contributed by atoms with Crippen LogP contribution in [0.3, 0.4) is 0 Å². The highest BCUT2D eigenvalue weighted by atomic mass is 19.1. The monoisotopic (exact) mass is 466 g/mol. The molecule has 0 radical (unpaired) electrons. The van der Waals surface area contributed by atoms with E-state index in [1.165, 1.54) is 0 Å². The molecule has 2 N–H and O–H groups in total. The fraction of sp³-hybridized carbons (Fsp3) is 0.885. The van der Waals surface area contributed by atoms with Crippen LogP contribution in [0, 0.1) is 34.5 Å². The van der Waals surface area contributed by atoms with Gasteiger partial charge in [0.1, 0.15) is 18.1 Å². The van der Waals surface area contributed by atoms with Gasteiger partial charge in [0.05, 0.1) is 6.10 Å². The van der Waals surface area contributed by atoms with E-state index in [4.69, 9.17) is 4.74 Å². The lowest BCUT2D eigenvalue weighted by Crippen LogP contribution is -2.71. The number of carbonyl (C=O) groups excluding carboxylic acids is 3. The van der Waals surface area contributed by atoms with E-state index in [0.717, 1.165) is 0 Å². The number of Topliss-reactive ketones (excluding diaryl/α,β-unsaturated/α-hetero) is 2. The van der Waals surface area contributed by atoms with Crippen LogP contribution in [0.2, 0.25) is 0 Å². The van der Waals surface area contributed by atoms with Crippen LogP contribution in [0.15, 0.2) is 0 Å². The fourth-order valence-electron chi connectivity index (χ4n) is 8.79. The van der Waals surface area contributed by atoms with Crippen molar-refractivity contribution in [1.82, 2.24) is 0 Å². The summed E-state index contributed by atoms with van der Waals surface area (Å²) in [4.78, 5) is 38.1. The Morgan fingerprint density at radius 3 is 2.52 bits per heavy atom. The molecule has 0 spiro atoms. The minimum atomic E-state index is -1.87. The van der Waals surface area contributed by atoms with Crippen LogP contribution in [0.1, 0.15) is 85.5 Å². The van der Waals surface area contributed by atoms with Crippen LogP contribution in [0.4, 0.5) is 4.39 Å². The molecular formula is C26H39FO6.